The quantitative estimate of drug-likeness (QED) is 0.144. The Labute approximate surface area is 222 Å². The Kier molecular flexibility index (Phi) is 6.36. The second-order valence-corrected chi connectivity index (χ2v) is 9.24. The van der Waals surface area contributed by atoms with Gasteiger partial charge in [0.15, 0.2) is 17.3 Å². The molecule has 3 aromatic carbocycles. The van der Waals surface area contributed by atoms with Crippen LogP contribution in [-0.2, 0) is 0 Å². The van der Waals surface area contributed by atoms with Crippen molar-refractivity contribution in [1.82, 2.24) is 4.98 Å². The smallest absolute Gasteiger partial charge is 0.280 e. The van der Waals surface area contributed by atoms with Gasteiger partial charge in [0.05, 0.1) is 42.8 Å². The Morgan fingerprint density at radius 3 is 2.47 bits per heavy atom. The number of ketones is 1. The molecule has 5 rings (SSSR count). The van der Waals surface area contributed by atoms with Crippen LogP contribution in [0.4, 0.5) is 11.4 Å². The number of fused-ring (bicyclic) bond motifs is 4. The van der Waals surface area contributed by atoms with Crippen LogP contribution in [0, 0.1) is 10.1 Å². The number of anilines is 1. The van der Waals surface area contributed by atoms with Crippen molar-refractivity contribution in [1.29, 1.82) is 0 Å². The fraction of sp³-hybridized carbons (Fsp3) is 0.259. The number of halogens is 1. The number of hydrogen-bond donors (Lipinski definition) is 1. The number of H-pyrrole nitrogens is 1. The van der Waals surface area contributed by atoms with Crippen molar-refractivity contribution in [3.63, 3.8) is 0 Å². The van der Waals surface area contributed by atoms with Crippen LogP contribution in [0.25, 0.3) is 21.7 Å². The molecule has 10 nitrogen and oxygen atoms in total. The van der Waals surface area contributed by atoms with Crippen molar-refractivity contribution in [3.05, 3.63) is 63.3 Å². The molecule has 1 aromatic heterocycles. The molecule has 1 aliphatic heterocycles. The highest BCUT2D eigenvalue weighted by Gasteiger charge is 2.38. The minimum absolute atomic E-state index is 0.183. The van der Waals surface area contributed by atoms with Gasteiger partial charge in [0.1, 0.15) is 5.69 Å². The molecule has 0 saturated carbocycles. The lowest BCUT2D eigenvalue weighted by Crippen LogP contribution is -2.30. The van der Waals surface area contributed by atoms with Gasteiger partial charge in [-0.05, 0) is 30.0 Å². The molecule has 0 radical (unpaired) electrons. The molecule has 196 valence electrons. The zero-order valence-electron chi connectivity index (χ0n) is 21.1. The van der Waals surface area contributed by atoms with E-state index in [1.54, 1.807) is 30.3 Å². The third-order valence-corrected chi connectivity index (χ3v) is 7.29. The summed E-state index contributed by atoms with van der Waals surface area (Å²) in [5.41, 5.74) is 1.88. The van der Waals surface area contributed by atoms with Gasteiger partial charge in [-0.1, -0.05) is 18.2 Å². The highest BCUT2D eigenvalue weighted by Crippen LogP contribution is 2.47. The van der Waals surface area contributed by atoms with Crippen LogP contribution >= 0.6 is 11.6 Å². The molecule has 0 saturated heterocycles. The fourth-order valence-electron chi connectivity index (χ4n) is 5.29. The van der Waals surface area contributed by atoms with E-state index in [0.29, 0.717) is 44.8 Å². The molecular formula is C27H24ClN3O7. The number of ether oxygens (including phenoxy) is 3. The number of nitro groups is 1. The third kappa shape index (κ3) is 3.71. The van der Waals surface area contributed by atoms with Crippen LogP contribution in [0.5, 0.6) is 17.2 Å². The Morgan fingerprint density at radius 1 is 1.13 bits per heavy atom. The number of carbonyl (C=O) groups is 2. The van der Waals surface area contributed by atoms with E-state index < -0.39 is 10.8 Å². The monoisotopic (exact) mass is 537 g/mol. The molecule has 0 aliphatic carbocycles. The minimum Gasteiger partial charge on any atom is -0.493 e. The van der Waals surface area contributed by atoms with Gasteiger partial charge in [-0.15, -0.1) is 11.6 Å². The second kappa shape index (κ2) is 9.53. The molecule has 1 aliphatic rings. The largest absolute Gasteiger partial charge is 0.493 e. The molecule has 2 heterocycles. The van der Waals surface area contributed by atoms with E-state index in [2.05, 4.69) is 4.98 Å². The van der Waals surface area contributed by atoms with E-state index in [1.165, 1.54) is 39.2 Å². The lowest BCUT2D eigenvalue weighted by molar-refractivity contribution is -0.383. The topological polar surface area (TPSA) is 124 Å². The number of non-ortho nitro benzene ring substituents is 1. The highest BCUT2D eigenvalue weighted by atomic mass is 35.5. The van der Waals surface area contributed by atoms with Crippen LogP contribution in [0.2, 0.25) is 0 Å². The number of Topliss-reactive ketones (excluding diaryl/α,β-unsaturated/α-hetero) is 1. The standard InChI is InChI=1S/C27H24ClN3O7/c1-13(32)16-6-5-7-17-22-15(11-28)12-30(19(22)10-20(23(16)17)31(34)35)27(33)18-8-14-9-21(36-2)25(37-3)26(38-4)24(14)29-18/h5-10,15,29H,11-12H2,1-4H3. The number of rotatable bonds is 7. The predicted octanol–water partition coefficient (Wildman–Crippen LogP) is 5.44. The zero-order valence-corrected chi connectivity index (χ0v) is 21.8. The highest BCUT2D eigenvalue weighted by molar-refractivity contribution is 6.20. The van der Waals surface area contributed by atoms with Gasteiger partial charge in [0.25, 0.3) is 11.6 Å². The summed E-state index contributed by atoms with van der Waals surface area (Å²) in [5, 5.41) is 13.6. The molecular weight excluding hydrogens is 514 g/mol. The number of benzene rings is 3. The zero-order chi connectivity index (χ0) is 27.3. The van der Waals surface area contributed by atoms with Gasteiger partial charge < -0.3 is 24.1 Å². The van der Waals surface area contributed by atoms with Gasteiger partial charge >= 0.3 is 0 Å². The molecule has 0 bridgehead atoms. The summed E-state index contributed by atoms with van der Waals surface area (Å²) in [7, 11) is 4.48. The number of nitrogens with one attached hydrogen (secondary N) is 1. The van der Waals surface area contributed by atoms with Gasteiger partial charge in [-0.2, -0.15) is 0 Å². The van der Waals surface area contributed by atoms with E-state index in [-0.39, 0.29) is 46.5 Å². The summed E-state index contributed by atoms with van der Waals surface area (Å²) in [6, 6.07) is 9.74. The number of hydrogen-bond acceptors (Lipinski definition) is 7. The summed E-state index contributed by atoms with van der Waals surface area (Å²) in [6.07, 6.45) is 0. The SMILES string of the molecule is COc1cc2cc(C(=O)N3CC(CCl)c4c3cc([N+](=O)[O-])c3c(C(C)=O)cccc43)[nH]c2c(OC)c1OC. The maximum absolute atomic E-state index is 13.9. The van der Waals surface area contributed by atoms with E-state index in [1.807, 2.05) is 0 Å². The molecule has 38 heavy (non-hydrogen) atoms. The van der Waals surface area contributed by atoms with Gasteiger partial charge in [0.2, 0.25) is 5.75 Å². The molecule has 11 heteroatoms. The molecule has 1 unspecified atom stereocenters. The number of aromatic nitrogens is 1. The summed E-state index contributed by atoms with van der Waals surface area (Å²) in [5.74, 6) is 0.395. The first-order valence-electron chi connectivity index (χ1n) is 11.7. The van der Waals surface area contributed by atoms with E-state index in [9.17, 15) is 19.7 Å². The molecule has 0 fully saturated rings. The van der Waals surface area contributed by atoms with Crippen molar-refractivity contribution in [2.24, 2.45) is 0 Å². The van der Waals surface area contributed by atoms with Crippen LogP contribution < -0.4 is 19.1 Å². The van der Waals surface area contributed by atoms with E-state index in [0.717, 1.165) is 0 Å². The molecule has 1 amide bonds. The van der Waals surface area contributed by atoms with Crippen LogP contribution in [0.3, 0.4) is 0 Å². The lowest BCUT2D eigenvalue weighted by Gasteiger charge is -2.17. The summed E-state index contributed by atoms with van der Waals surface area (Å²) >= 11 is 6.34. The second-order valence-electron chi connectivity index (χ2n) is 8.93. The Bertz CT molecular complexity index is 1650. The minimum atomic E-state index is -0.530. The predicted molar refractivity (Wildman–Crippen MR) is 144 cm³/mol. The molecule has 1 atom stereocenters. The van der Waals surface area contributed by atoms with Crippen molar-refractivity contribution in [3.8, 4) is 17.2 Å². The first-order valence-corrected chi connectivity index (χ1v) is 12.2. The first-order chi connectivity index (χ1) is 18.2. The normalized spacial score (nSPS) is 14.6. The van der Waals surface area contributed by atoms with Crippen LogP contribution in [0.1, 0.15) is 39.3 Å². The number of methoxy groups -OCH3 is 3. The number of carbonyl (C=O) groups excluding carboxylic acids is 2. The summed E-state index contributed by atoms with van der Waals surface area (Å²) in [6.45, 7) is 1.59. The van der Waals surface area contributed by atoms with Crippen LogP contribution in [0.15, 0.2) is 36.4 Å². The molecule has 0 spiro atoms. The van der Waals surface area contributed by atoms with E-state index in [4.69, 9.17) is 25.8 Å². The van der Waals surface area contributed by atoms with Crippen molar-refractivity contribution < 1.29 is 28.7 Å². The maximum Gasteiger partial charge on any atom is 0.280 e. The van der Waals surface area contributed by atoms with Crippen LogP contribution in [-0.4, -0.2) is 55.4 Å². The Hall–Kier alpha value is -4.31. The van der Waals surface area contributed by atoms with Gasteiger partial charge in [-0.25, -0.2) is 0 Å². The fourth-order valence-corrected chi connectivity index (χ4v) is 5.54. The summed E-state index contributed by atoms with van der Waals surface area (Å²) < 4.78 is 16.4. The van der Waals surface area contributed by atoms with Crippen molar-refractivity contribution >= 4 is 56.3 Å². The van der Waals surface area contributed by atoms with Crippen molar-refractivity contribution in [2.45, 2.75) is 12.8 Å². The number of amides is 1. The average molecular weight is 538 g/mol. The molecule has 4 aromatic rings. The Balaban J connectivity index is 1.71. The summed E-state index contributed by atoms with van der Waals surface area (Å²) in [4.78, 5) is 42.4. The van der Waals surface area contributed by atoms with E-state index >= 15 is 0 Å². The van der Waals surface area contributed by atoms with Crippen molar-refractivity contribution in [2.75, 3.05) is 38.7 Å². The number of aromatic amines is 1. The number of nitro benzene ring substituents is 1. The first kappa shape index (κ1) is 25.3. The Morgan fingerprint density at radius 2 is 1.87 bits per heavy atom. The van der Waals surface area contributed by atoms with Gasteiger partial charge in [-0.3, -0.25) is 19.7 Å². The maximum atomic E-state index is 13.9. The lowest BCUT2D eigenvalue weighted by atomic mass is 9.91. The number of nitrogens with zero attached hydrogens (tertiary/aromatic N) is 2. The molecule has 1 N–H and O–H groups in total. The number of alkyl halides is 1. The average Bonchev–Trinajstić information content (AvgIpc) is 3.51. The third-order valence-electron chi connectivity index (χ3n) is 6.92. The van der Waals surface area contributed by atoms with Gasteiger partial charge in [0, 0.05) is 35.4 Å².